The smallest absolute Gasteiger partial charge is 0.122 e. The first-order valence-corrected chi connectivity index (χ1v) is 5.03. The summed E-state index contributed by atoms with van der Waals surface area (Å²) in [5.74, 6) is 0. The molecule has 4 nitrogen and oxygen atoms in total. The Morgan fingerprint density at radius 3 is 2.57 bits per heavy atom. The van der Waals surface area contributed by atoms with E-state index < -0.39 is 12.2 Å². The van der Waals surface area contributed by atoms with E-state index in [9.17, 15) is 10.2 Å². The Morgan fingerprint density at radius 1 is 1.36 bits per heavy atom. The largest absolute Gasteiger partial charge is 0.396 e. The van der Waals surface area contributed by atoms with Crippen LogP contribution in [0.3, 0.4) is 0 Å². The summed E-state index contributed by atoms with van der Waals surface area (Å²) in [6.45, 7) is -0.158. The molecule has 0 aliphatic rings. The molecule has 0 spiro atoms. The van der Waals surface area contributed by atoms with Gasteiger partial charge in [0.2, 0.25) is 0 Å². The van der Waals surface area contributed by atoms with Crippen molar-refractivity contribution in [2.75, 3.05) is 6.61 Å². The van der Waals surface area contributed by atoms with Crippen molar-refractivity contribution in [2.45, 2.75) is 18.6 Å². The van der Waals surface area contributed by atoms with E-state index in [-0.39, 0.29) is 13.0 Å². The summed E-state index contributed by atoms with van der Waals surface area (Å²) in [4.78, 5) is 3.94. The molecule has 0 saturated heterocycles. The second-order valence-corrected chi connectivity index (χ2v) is 3.84. The Balaban J connectivity index is 2.68. The molecular formula is C9H12BrNO3. The van der Waals surface area contributed by atoms with Gasteiger partial charge in [0.15, 0.2) is 0 Å². The van der Waals surface area contributed by atoms with Crippen LogP contribution in [-0.4, -0.2) is 33.0 Å². The fourth-order valence-corrected chi connectivity index (χ4v) is 1.28. The lowest BCUT2D eigenvalue weighted by atomic mass is 10.1. The average Bonchev–Trinajstić information content (AvgIpc) is 2.18. The zero-order valence-electron chi connectivity index (χ0n) is 7.47. The number of hydrogen-bond acceptors (Lipinski definition) is 4. The van der Waals surface area contributed by atoms with Crippen LogP contribution >= 0.6 is 15.9 Å². The minimum atomic E-state index is -1.05. The molecule has 0 amide bonds. The van der Waals surface area contributed by atoms with E-state index in [2.05, 4.69) is 20.9 Å². The number of rotatable bonds is 4. The Labute approximate surface area is 90.4 Å². The van der Waals surface area contributed by atoms with Crippen LogP contribution in [0.15, 0.2) is 22.8 Å². The van der Waals surface area contributed by atoms with E-state index in [1.54, 1.807) is 18.3 Å². The van der Waals surface area contributed by atoms with Gasteiger partial charge in [-0.15, -0.1) is 0 Å². The second-order valence-electron chi connectivity index (χ2n) is 2.93. The molecule has 1 heterocycles. The standard InChI is InChI=1S/C9H12BrNO3/c10-6-1-2-7(11-5-6)9(14)8(13)3-4-12/h1-2,5,8-9,12-14H,3-4H2. The van der Waals surface area contributed by atoms with Crippen molar-refractivity contribution >= 4 is 15.9 Å². The fraction of sp³-hybridized carbons (Fsp3) is 0.444. The third kappa shape index (κ3) is 3.02. The Bertz CT molecular complexity index is 278. The van der Waals surface area contributed by atoms with Gasteiger partial charge < -0.3 is 15.3 Å². The summed E-state index contributed by atoms with van der Waals surface area (Å²) < 4.78 is 0.810. The van der Waals surface area contributed by atoms with Gasteiger partial charge in [-0.05, 0) is 34.5 Å². The number of halogens is 1. The van der Waals surface area contributed by atoms with Gasteiger partial charge in [-0.25, -0.2) is 0 Å². The summed E-state index contributed by atoms with van der Waals surface area (Å²) in [7, 11) is 0. The molecule has 2 unspecified atom stereocenters. The van der Waals surface area contributed by atoms with Crippen LogP contribution in [-0.2, 0) is 0 Å². The molecule has 0 aliphatic carbocycles. The molecule has 0 bridgehead atoms. The monoisotopic (exact) mass is 261 g/mol. The molecule has 14 heavy (non-hydrogen) atoms. The van der Waals surface area contributed by atoms with E-state index in [0.717, 1.165) is 4.47 Å². The minimum absolute atomic E-state index is 0.138. The summed E-state index contributed by atoms with van der Waals surface area (Å²) in [5.41, 5.74) is 0.397. The zero-order valence-corrected chi connectivity index (χ0v) is 9.05. The molecule has 5 heteroatoms. The molecule has 0 aliphatic heterocycles. The van der Waals surface area contributed by atoms with Crippen molar-refractivity contribution < 1.29 is 15.3 Å². The van der Waals surface area contributed by atoms with Crippen LogP contribution in [0.4, 0.5) is 0 Å². The maximum Gasteiger partial charge on any atom is 0.122 e. The number of pyridine rings is 1. The molecule has 3 N–H and O–H groups in total. The highest BCUT2D eigenvalue weighted by atomic mass is 79.9. The maximum atomic E-state index is 9.57. The fourth-order valence-electron chi connectivity index (χ4n) is 1.05. The lowest BCUT2D eigenvalue weighted by molar-refractivity contribution is 0.00191. The van der Waals surface area contributed by atoms with Gasteiger partial charge in [-0.3, -0.25) is 4.98 Å². The molecule has 1 rings (SSSR count). The molecule has 78 valence electrons. The summed E-state index contributed by atoms with van der Waals surface area (Å²) >= 11 is 3.22. The van der Waals surface area contributed by atoms with Crippen LogP contribution in [0.25, 0.3) is 0 Å². The highest BCUT2D eigenvalue weighted by Gasteiger charge is 2.18. The normalized spacial score (nSPS) is 15.1. The molecular weight excluding hydrogens is 250 g/mol. The van der Waals surface area contributed by atoms with Crippen LogP contribution in [0.5, 0.6) is 0 Å². The Hall–Kier alpha value is -0.490. The van der Waals surface area contributed by atoms with E-state index in [1.165, 1.54) is 0 Å². The number of aliphatic hydroxyl groups excluding tert-OH is 3. The first-order chi connectivity index (χ1) is 6.65. The van der Waals surface area contributed by atoms with Gasteiger partial charge in [-0.1, -0.05) is 0 Å². The quantitative estimate of drug-likeness (QED) is 0.743. The van der Waals surface area contributed by atoms with E-state index in [1.807, 2.05) is 0 Å². The number of hydrogen-bond donors (Lipinski definition) is 3. The lowest BCUT2D eigenvalue weighted by Crippen LogP contribution is -2.20. The first kappa shape index (κ1) is 11.6. The van der Waals surface area contributed by atoms with Crippen molar-refractivity contribution in [3.05, 3.63) is 28.5 Å². The van der Waals surface area contributed by atoms with Crippen molar-refractivity contribution in [1.82, 2.24) is 4.98 Å². The molecule has 1 aromatic heterocycles. The van der Waals surface area contributed by atoms with Gasteiger partial charge in [0.1, 0.15) is 6.10 Å². The highest BCUT2D eigenvalue weighted by molar-refractivity contribution is 9.10. The summed E-state index contributed by atoms with van der Waals surface area (Å²) in [5, 5.41) is 27.5. The van der Waals surface area contributed by atoms with E-state index in [0.29, 0.717) is 5.69 Å². The predicted octanol–water partition coefficient (Wildman–Crippen LogP) is 0.621. The predicted molar refractivity (Wildman–Crippen MR) is 54.6 cm³/mol. The van der Waals surface area contributed by atoms with Crippen molar-refractivity contribution in [1.29, 1.82) is 0 Å². The third-order valence-electron chi connectivity index (χ3n) is 1.84. The maximum absolute atomic E-state index is 9.57. The SMILES string of the molecule is OCCC(O)C(O)c1ccc(Br)cn1. The van der Waals surface area contributed by atoms with Crippen molar-refractivity contribution in [3.8, 4) is 0 Å². The van der Waals surface area contributed by atoms with Crippen molar-refractivity contribution in [3.63, 3.8) is 0 Å². The number of nitrogens with zero attached hydrogens (tertiary/aromatic N) is 1. The zero-order chi connectivity index (χ0) is 10.6. The molecule has 2 atom stereocenters. The van der Waals surface area contributed by atoms with Crippen molar-refractivity contribution in [2.24, 2.45) is 0 Å². The summed E-state index contributed by atoms with van der Waals surface area (Å²) in [6, 6.07) is 3.35. The molecule has 0 radical (unpaired) electrons. The van der Waals surface area contributed by atoms with Crippen LogP contribution in [0.1, 0.15) is 18.2 Å². The average molecular weight is 262 g/mol. The minimum Gasteiger partial charge on any atom is -0.396 e. The van der Waals surface area contributed by atoms with Gasteiger partial charge in [0, 0.05) is 17.3 Å². The molecule has 1 aromatic rings. The topological polar surface area (TPSA) is 73.6 Å². The van der Waals surface area contributed by atoms with Crippen LogP contribution in [0.2, 0.25) is 0 Å². The van der Waals surface area contributed by atoms with Crippen LogP contribution in [0, 0.1) is 0 Å². The third-order valence-corrected chi connectivity index (χ3v) is 2.31. The first-order valence-electron chi connectivity index (χ1n) is 4.23. The summed E-state index contributed by atoms with van der Waals surface area (Å²) in [6.07, 6.45) is -0.340. The lowest BCUT2D eigenvalue weighted by Gasteiger charge is -2.15. The second kappa shape index (κ2) is 5.41. The number of aliphatic hydroxyl groups is 3. The van der Waals surface area contributed by atoms with Gasteiger partial charge >= 0.3 is 0 Å². The molecule has 0 fully saturated rings. The Kier molecular flexibility index (Phi) is 4.47. The molecule has 0 aromatic carbocycles. The molecule has 0 saturated carbocycles. The van der Waals surface area contributed by atoms with Gasteiger partial charge in [-0.2, -0.15) is 0 Å². The Morgan fingerprint density at radius 2 is 2.07 bits per heavy atom. The highest BCUT2D eigenvalue weighted by Crippen LogP contribution is 2.18. The van der Waals surface area contributed by atoms with E-state index >= 15 is 0 Å². The number of aromatic nitrogens is 1. The van der Waals surface area contributed by atoms with Gasteiger partial charge in [0.05, 0.1) is 11.8 Å². The van der Waals surface area contributed by atoms with Gasteiger partial charge in [0.25, 0.3) is 0 Å². The van der Waals surface area contributed by atoms with Crippen LogP contribution < -0.4 is 0 Å². The van der Waals surface area contributed by atoms with E-state index in [4.69, 9.17) is 5.11 Å².